The summed E-state index contributed by atoms with van der Waals surface area (Å²) in [5.41, 5.74) is 1.83. The van der Waals surface area contributed by atoms with Crippen molar-refractivity contribution >= 4 is 40.2 Å². The van der Waals surface area contributed by atoms with Crippen LogP contribution in [-0.2, 0) is 6.42 Å². The number of rotatable bonds is 2. The van der Waals surface area contributed by atoms with Gasteiger partial charge in [0.1, 0.15) is 0 Å². The van der Waals surface area contributed by atoms with Gasteiger partial charge in [0.25, 0.3) is 5.91 Å². The van der Waals surface area contributed by atoms with Crippen LogP contribution in [0.3, 0.4) is 0 Å². The summed E-state index contributed by atoms with van der Waals surface area (Å²) >= 11 is 9.72. The van der Waals surface area contributed by atoms with Crippen LogP contribution in [-0.4, -0.2) is 17.4 Å². The van der Waals surface area contributed by atoms with Crippen LogP contribution in [0.2, 0.25) is 5.02 Å². The highest BCUT2D eigenvalue weighted by Crippen LogP contribution is 2.40. The Morgan fingerprint density at radius 1 is 1.09 bits per heavy atom. The first-order valence-corrected chi connectivity index (χ1v) is 9.54. The third kappa shape index (κ3) is 2.61. The van der Waals surface area contributed by atoms with Crippen LogP contribution in [0.15, 0.2) is 53.2 Å². The minimum Gasteiger partial charge on any atom is -0.326 e. The van der Waals surface area contributed by atoms with Gasteiger partial charge in [-0.15, -0.1) is 22.7 Å². The molecular formula is C18H14ClNOS2. The number of hydrogen-bond acceptors (Lipinski definition) is 3. The Labute approximate surface area is 148 Å². The summed E-state index contributed by atoms with van der Waals surface area (Å²) in [6, 6.07) is 13.6. The average molecular weight is 360 g/mol. The predicted molar refractivity (Wildman–Crippen MR) is 96.7 cm³/mol. The molecule has 3 aromatic rings. The molecule has 1 aliphatic rings. The smallest absolute Gasteiger partial charge is 0.256 e. The molecule has 2 aromatic heterocycles. The van der Waals surface area contributed by atoms with Gasteiger partial charge in [-0.2, -0.15) is 0 Å². The predicted octanol–water partition coefficient (Wildman–Crippen LogP) is 5.25. The Morgan fingerprint density at radius 2 is 1.96 bits per heavy atom. The Morgan fingerprint density at radius 3 is 2.74 bits per heavy atom. The zero-order valence-electron chi connectivity index (χ0n) is 12.2. The van der Waals surface area contributed by atoms with Crippen LogP contribution >= 0.6 is 34.3 Å². The molecule has 3 heterocycles. The standard InChI is InChI=1S/C18H14ClNOS2/c19-14-5-2-1-4-12(14)18(21)20-9-7-15-13(8-11-23-15)17(20)16-6-3-10-22-16/h1-6,8,10-11,17H,7,9H2. The number of carbonyl (C=O) groups is 1. The van der Waals surface area contributed by atoms with Crippen molar-refractivity contribution in [3.63, 3.8) is 0 Å². The highest BCUT2D eigenvalue weighted by Gasteiger charge is 2.34. The molecular weight excluding hydrogens is 346 g/mol. The molecule has 0 saturated heterocycles. The fourth-order valence-electron chi connectivity index (χ4n) is 3.08. The lowest BCUT2D eigenvalue weighted by molar-refractivity contribution is 0.0699. The second-order valence-corrected chi connectivity index (χ2v) is 7.83. The Kier molecular flexibility index (Phi) is 3.97. The highest BCUT2D eigenvalue weighted by molar-refractivity contribution is 7.10. The van der Waals surface area contributed by atoms with Crippen LogP contribution in [0.25, 0.3) is 0 Å². The molecule has 1 amide bonds. The fraction of sp³-hybridized carbons (Fsp3) is 0.167. The maximum atomic E-state index is 13.1. The molecule has 1 unspecified atom stereocenters. The second-order valence-electron chi connectivity index (χ2n) is 5.45. The van der Waals surface area contributed by atoms with Gasteiger partial charge >= 0.3 is 0 Å². The monoisotopic (exact) mass is 359 g/mol. The summed E-state index contributed by atoms with van der Waals surface area (Å²) in [6.45, 7) is 0.722. The van der Waals surface area contributed by atoms with Gasteiger partial charge in [-0.1, -0.05) is 29.8 Å². The number of thiophene rings is 2. The minimum absolute atomic E-state index is 0.00542. The van der Waals surface area contributed by atoms with E-state index in [1.54, 1.807) is 34.8 Å². The van der Waals surface area contributed by atoms with Crippen molar-refractivity contribution in [2.45, 2.75) is 12.5 Å². The van der Waals surface area contributed by atoms with Crippen LogP contribution in [0.4, 0.5) is 0 Å². The maximum absolute atomic E-state index is 13.1. The lowest BCUT2D eigenvalue weighted by atomic mass is 9.97. The molecule has 0 bridgehead atoms. The van der Waals surface area contributed by atoms with E-state index in [9.17, 15) is 4.79 Å². The van der Waals surface area contributed by atoms with Crippen molar-refractivity contribution < 1.29 is 4.79 Å². The van der Waals surface area contributed by atoms with Gasteiger partial charge in [0, 0.05) is 16.3 Å². The highest BCUT2D eigenvalue weighted by atomic mass is 35.5. The first kappa shape index (κ1) is 14.9. The van der Waals surface area contributed by atoms with Gasteiger partial charge in [0.05, 0.1) is 16.6 Å². The normalized spacial score (nSPS) is 17.1. The number of fused-ring (bicyclic) bond motifs is 1. The lowest BCUT2D eigenvalue weighted by Gasteiger charge is -2.35. The summed E-state index contributed by atoms with van der Waals surface area (Å²) in [5.74, 6) is 0.00542. The molecule has 0 spiro atoms. The Balaban J connectivity index is 1.78. The SMILES string of the molecule is O=C(c1ccccc1Cl)N1CCc2sccc2C1c1cccs1. The third-order valence-corrected chi connectivity index (χ3v) is 6.39. The molecule has 1 aliphatic heterocycles. The van der Waals surface area contributed by atoms with Crippen molar-refractivity contribution in [3.05, 3.63) is 79.1 Å². The van der Waals surface area contributed by atoms with E-state index in [0.717, 1.165) is 13.0 Å². The van der Waals surface area contributed by atoms with E-state index in [1.807, 2.05) is 23.1 Å². The molecule has 4 rings (SSSR count). The zero-order valence-corrected chi connectivity index (χ0v) is 14.6. The van der Waals surface area contributed by atoms with Gasteiger partial charge < -0.3 is 4.90 Å². The number of hydrogen-bond donors (Lipinski definition) is 0. The first-order chi connectivity index (χ1) is 11.3. The van der Waals surface area contributed by atoms with Gasteiger partial charge in [-0.25, -0.2) is 0 Å². The van der Waals surface area contributed by atoms with E-state index in [-0.39, 0.29) is 11.9 Å². The molecule has 1 aromatic carbocycles. The van der Waals surface area contributed by atoms with Crippen molar-refractivity contribution in [1.82, 2.24) is 4.90 Å². The van der Waals surface area contributed by atoms with E-state index in [4.69, 9.17) is 11.6 Å². The van der Waals surface area contributed by atoms with E-state index < -0.39 is 0 Å². The van der Waals surface area contributed by atoms with Crippen LogP contribution < -0.4 is 0 Å². The summed E-state index contributed by atoms with van der Waals surface area (Å²) < 4.78 is 0. The number of halogens is 1. The summed E-state index contributed by atoms with van der Waals surface area (Å²) in [5, 5.41) is 4.70. The summed E-state index contributed by atoms with van der Waals surface area (Å²) in [4.78, 5) is 17.6. The fourth-order valence-corrected chi connectivity index (χ4v) is 5.05. The molecule has 0 N–H and O–H groups in total. The van der Waals surface area contributed by atoms with Crippen molar-refractivity contribution in [2.24, 2.45) is 0 Å². The zero-order chi connectivity index (χ0) is 15.8. The topological polar surface area (TPSA) is 20.3 Å². The first-order valence-electron chi connectivity index (χ1n) is 7.41. The molecule has 1 atom stereocenters. The molecule has 116 valence electrons. The maximum Gasteiger partial charge on any atom is 0.256 e. The van der Waals surface area contributed by atoms with E-state index >= 15 is 0 Å². The number of nitrogens with zero attached hydrogens (tertiary/aromatic N) is 1. The number of amides is 1. The number of carbonyl (C=O) groups excluding carboxylic acids is 1. The average Bonchev–Trinajstić information content (AvgIpc) is 3.25. The Bertz CT molecular complexity index is 840. The quantitative estimate of drug-likeness (QED) is 0.611. The van der Waals surface area contributed by atoms with Gasteiger partial charge in [0.15, 0.2) is 0 Å². The summed E-state index contributed by atoms with van der Waals surface area (Å²) in [7, 11) is 0. The third-order valence-electron chi connectivity index (χ3n) is 4.14. The van der Waals surface area contributed by atoms with Gasteiger partial charge in [-0.05, 0) is 47.0 Å². The van der Waals surface area contributed by atoms with Crippen molar-refractivity contribution in [3.8, 4) is 0 Å². The lowest BCUT2D eigenvalue weighted by Crippen LogP contribution is -2.39. The van der Waals surface area contributed by atoms with Crippen LogP contribution in [0.5, 0.6) is 0 Å². The van der Waals surface area contributed by atoms with Crippen molar-refractivity contribution in [2.75, 3.05) is 6.54 Å². The van der Waals surface area contributed by atoms with Crippen LogP contribution in [0, 0.1) is 0 Å². The number of benzene rings is 1. The molecule has 0 radical (unpaired) electrons. The van der Waals surface area contributed by atoms with E-state index in [2.05, 4.69) is 22.9 Å². The molecule has 0 fully saturated rings. The van der Waals surface area contributed by atoms with Crippen molar-refractivity contribution in [1.29, 1.82) is 0 Å². The van der Waals surface area contributed by atoms with E-state index in [0.29, 0.717) is 10.6 Å². The second kappa shape index (κ2) is 6.11. The van der Waals surface area contributed by atoms with Gasteiger partial charge in [-0.3, -0.25) is 4.79 Å². The molecule has 0 aliphatic carbocycles. The largest absolute Gasteiger partial charge is 0.326 e. The Hall–Kier alpha value is -1.62. The molecule has 0 saturated carbocycles. The molecule has 23 heavy (non-hydrogen) atoms. The molecule has 5 heteroatoms. The summed E-state index contributed by atoms with van der Waals surface area (Å²) in [6.07, 6.45) is 0.908. The van der Waals surface area contributed by atoms with Crippen LogP contribution in [0.1, 0.15) is 31.7 Å². The van der Waals surface area contributed by atoms with Gasteiger partial charge in [0.2, 0.25) is 0 Å². The molecule has 2 nitrogen and oxygen atoms in total. The minimum atomic E-state index is -0.00577. The van der Waals surface area contributed by atoms with E-state index in [1.165, 1.54) is 15.3 Å².